The first-order chi connectivity index (χ1) is 47.5. The molecule has 5 aromatic carbocycles. The van der Waals surface area contributed by atoms with Crippen molar-refractivity contribution in [3.63, 3.8) is 0 Å². The van der Waals surface area contributed by atoms with Crippen molar-refractivity contribution >= 4 is 39.5 Å². The summed E-state index contributed by atoms with van der Waals surface area (Å²) in [4.78, 5) is 0. The van der Waals surface area contributed by atoms with Crippen LogP contribution < -0.4 is 0 Å². The fourth-order valence-electron chi connectivity index (χ4n) is 12.2. The van der Waals surface area contributed by atoms with E-state index >= 15 is 0 Å². The van der Waals surface area contributed by atoms with Crippen LogP contribution in [0, 0.1) is 0 Å². The summed E-state index contributed by atoms with van der Waals surface area (Å²) in [5.74, 6) is 0. The molecule has 5 aromatic rings. The third-order valence-corrected chi connectivity index (χ3v) is 36.1. The van der Waals surface area contributed by atoms with E-state index in [1.807, 2.05) is 159 Å². The Labute approximate surface area is 597 Å². The topological polar surface area (TPSA) is 182 Å². The maximum atomic E-state index is 11.5. The molecule has 0 aromatic heterocycles. The van der Waals surface area contributed by atoms with Crippen LogP contribution in [0.2, 0.25) is 26.6 Å². The Hall–Kier alpha value is -3.16. The molecule has 3 aliphatic heterocycles. The van der Waals surface area contributed by atoms with Crippen LogP contribution in [0.3, 0.4) is 0 Å². The van der Waals surface area contributed by atoms with E-state index in [1.54, 1.807) is 32.7 Å². The fraction of sp³-hybridized carbons (Fsp3) is 0.600. The first-order valence-corrected chi connectivity index (χ1v) is 48.7. The van der Waals surface area contributed by atoms with Crippen molar-refractivity contribution in [1.29, 1.82) is 0 Å². The van der Waals surface area contributed by atoms with Crippen molar-refractivity contribution in [3.8, 4) is 0 Å². The van der Waals surface area contributed by atoms with Gasteiger partial charge in [0.15, 0.2) is 18.9 Å². The third-order valence-electron chi connectivity index (χ3n) is 18.0. The van der Waals surface area contributed by atoms with E-state index in [2.05, 4.69) is 48.1 Å². The average molecular weight is 1560 g/mol. The van der Waals surface area contributed by atoms with E-state index in [0.717, 1.165) is 27.8 Å². The molecular formula is C80H120O15Sn2. The predicted octanol–water partition coefficient (Wildman–Crippen LogP) is 15.6. The van der Waals surface area contributed by atoms with Crippen LogP contribution in [0.15, 0.2) is 164 Å². The van der Waals surface area contributed by atoms with Crippen molar-refractivity contribution in [1.82, 2.24) is 0 Å². The van der Waals surface area contributed by atoms with E-state index in [1.165, 1.54) is 77.0 Å². The molecule has 0 aliphatic carbocycles. The van der Waals surface area contributed by atoms with Gasteiger partial charge < -0.3 is 72.5 Å². The standard InChI is InChI=1S/C56H66O15.6C4H9.2Sn/c1-3-29-62-55-53(66-35-42-27-17-8-18-28-42)51(71-54-47(60)46(59)45(58)43(30-57)68-54)49(44(69-55)36-61-31-38-19-9-4-10-20-38)70-56-52(65-34-41-25-15-7-16-26-41)50(64-33-40-23-13-6-14-24-40)48(37(2)67-56)63-32-39-21-11-5-12-22-39;6*1-3-4-2;;/h3-28,37,43-60H,1,29-36H2,2H3;6*1,3-4H2,2H3;;/t37-,43+,44+,45-,46-,47+,48+,49+,50+,51-,52-,53+,54-,55+,56-;;;;;;;;/m0......../s1. The normalized spacial score (nSPS) is 25.6. The zero-order chi connectivity index (χ0) is 69.2. The Kier molecular flexibility index (Phi) is 42.2. The summed E-state index contributed by atoms with van der Waals surface area (Å²) >= 11 is -1.68. The van der Waals surface area contributed by atoms with Gasteiger partial charge in [-0.2, -0.15) is 0 Å². The van der Waals surface area contributed by atoms with E-state index in [9.17, 15) is 20.4 Å². The molecule has 3 fully saturated rings. The molecule has 3 heterocycles. The monoisotopic (exact) mass is 1560 g/mol. The van der Waals surface area contributed by atoms with Crippen LogP contribution in [-0.4, -0.2) is 172 Å². The Balaban J connectivity index is 0.000000479. The van der Waals surface area contributed by atoms with Crippen LogP contribution >= 0.6 is 0 Å². The van der Waals surface area contributed by atoms with Gasteiger partial charge in [0, 0.05) is 0 Å². The van der Waals surface area contributed by atoms with Crippen molar-refractivity contribution < 1.29 is 72.5 Å². The molecule has 0 saturated carbocycles. The van der Waals surface area contributed by atoms with Gasteiger partial charge in [0.1, 0.15) is 67.1 Å². The third kappa shape index (κ3) is 29.6. The minimum atomic E-state index is -1.78. The Morgan fingerprint density at radius 1 is 0.381 bits per heavy atom. The molecule has 8 rings (SSSR count). The quantitative estimate of drug-likeness (QED) is 0.0214. The second-order valence-corrected chi connectivity index (χ2v) is 43.1. The summed E-state index contributed by atoms with van der Waals surface area (Å²) in [7, 11) is 0. The number of aliphatic hydroxyl groups excluding tert-OH is 4. The van der Waals surface area contributed by atoms with Gasteiger partial charge in [-0.15, -0.1) is 6.58 Å². The van der Waals surface area contributed by atoms with Crippen molar-refractivity contribution in [2.24, 2.45) is 0 Å². The summed E-state index contributed by atoms with van der Waals surface area (Å²) in [6.07, 6.45) is 1.19. The Bertz CT molecular complexity index is 2650. The number of benzene rings is 5. The van der Waals surface area contributed by atoms with Crippen molar-refractivity contribution in [2.45, 2.75) is 277 Å². The second kappa shape index (κ2) is 49.4. The average Bonchev–Trinajstić information content (AvgIpc) is 0.776. The number of hydrogen-bond acceptors (Lipinski definition) is 15. The SMILES string of the molecule is C=CCO[C@@H]1O[C@H](COCc2ccccc2)[C@@H](O[C@@H]2O[C@@H](C)[C@@H](OCc3ccccc3)[C@@H](OCc3ccccc3)[C@@H]2OCc2ccccc2)[C@H](O[C@@H]2O[C@H](CO)[C@H](O)[C@H](O)[C@H]2O)[C@H]1OCc1ccccc1.CCC[CH2][Sn]([CH2]CCC)[CH2]CCC.CCC[CH2][Sn]([CH2]CCC)[CH2]CCC. The first-order valence-electron chi connectivity index (χ1n) is 36.5. The Morgan fingerprint density at radius 3 is 1.11 bits per heavy atom. The maximum absolute atomic E-state index is 11.5. The molecular weight excluding hydrogens is 1440 g/mol. The van der Waals surface area contributed by atoms with Gasteiger partial charge in [0.05, 0.1) is 59.0 Å². The predicted molar refractivity (Wildman–Crippen MR) is 389 cm³/mol. The summed E-state index contributed by atoms with van der Waals surface area (Å²) in [6.45, 7) is 20.0. The van der Waals surface area contributed by atoms with Crippen LogP contribution in [0.1, 0.15) is 153 Å². The molecule has 3 aliphatic rings. The van der Waals surface area contributed by atoms with Gasteiger partial charge in [-0.3, -0.25) is 0 Å². The van der Waals surface area contributed by atoms with Gasteiger partial charge in [-0.05, 0) is 34.7 Å². The molecule has 15 nitrogen and oxygen atoms in total. The summed E-state index contributed by atoms with van der Waals surface area (Å²) in [5.41, 5.74) is 4.52. The molecule has 0 bridgehead atoms. The Morgan fingerprint density at radius 2 is 0.732 bits per heavy atom. The molecule has 97 heavy (non-hydrogen) atoms. The molecule has 17 heteroatoms. The fourth-order valence-corrected chi connectivity index (χ4v) is 31.1. The zero-order valence-electron chi connectivity index (χ0n) is 59.5. The molecule has 4 N–H and O–H groups in total. The molecule has 15 atom stereocenters. The number of unbranched alkanes of at least 4 members (excludes halogenated alkanes) is 6. The number of hydrogen-bond donors (Lipinski definition) is 4. The second-order valence-electron chi connectivity index (χ2n) is 25.9. The summed E-state index contributed by atoms with van der Waals surface area (Å²) in [5, 5.41) is 43.6. The first kappa shape index (κ1) is 82.8. The van der Waals surface area contributed by atoms with Gasteiger partial charge in [0.25, 0.3) is 0 Å². The van der Waals surface area contributed by atoms with Crippen LogP contribution in [-0.2, 0) is 85.1 Å². The van der Waals surface area contributed by atoms with Crippen molar-refractivity contribution in [2.75, 3.05) is 19.8 Å². The molecule has 538 valence electrons. The minimum absolute atomic E-state index is 0.0508. The van der Waals surface area contributed by atoms with E-state index in [-0.39, 0.29) is 46.2 Å². The number of aliphatic hydroxyl groups is 4. The number of ether oxygens (including phenoxy) is 11. The molecule has 2 radical (unpaired) electrons. The molecule has 0 spiro atoms. The molecule has 0 amide bonds. The van der Waals surface area contributed by atoms with Gasteiger partial charge in [-0.25, -0.2) is 0 Å². The van der Waals surface area contributed by atoms with E-state index in [4.69, 9.17) is 52.1 Å². The van der Waals surface area contributed by atoms with E-state index < -0.39 is 138 Å². The van der Waals surface area contributed by atoms with Gasteiger partial charge in [0.2, 0.25) is 0 Å². The summed E-state index contributed by atoms with van der Waals surface area (Å²) < 4.78 is 83.8. The molecule has 3 saturated heterocycles. The number of rotatable bonds is 42. The van der Waals surface area contributed by atoms with Crippen LogP contribution in [0.4, 0.5) is 0 Å². The van der Waals surface area contributed by atoms with Crippen LogP contribution in [0.5, 0.6) is 0 Å². The van der Waals surface area contributed by atoms with Gasteiger partial charge >= 0.3 is 185 Å². The van der Waals surface area contributed by atoms with Crippen LogP contribution in [0.25, 0.3) is 0 Å². The zero-order valence-corrected chi connectivity index (χ0v) is 65.3. The summed E-state index contributed by atoms with van der Waals surface area (Å²) in [6, 6.07) is 48.5. The molecule has 0 unspecified atom stereocenters. The van der Waals surface area contributed by atoms with Gasteiger partial charge in [-0.1, -0.05) is 158 Å². The van der Waals surface area contributed by atoms with E-state index in [0.29, 0.717) is 0 Å². The van der Waals surface area contributed by atoms with Crippen molar-refractivity contribution in [3.05, 3.63) is 192 Å².